The molecular formula is C27H35N3O6. The van der Waals surface area contributed by atoms with E-state index in [0.717, 1.165) is 22.0 Å². The van der Waals surface area contributed by atoms with Crippen LogP contribution in [0.1, 0.15) is 11.1 Å². The molecule has 2 aromatic carbocycles. The van der Waals surface area contributed by atoms with Crippen molar-refractivity contribution in [1.82, 2.24) is 14.8 Å². The fourth-order valence-electron chi connectivity index (χ4n) is 4.06. The molecule has 0 unspecified atom stereocenters. The summed E-state index contributed by atoms with van der Waals surface area (Å²) in [4.78, 5) is 32.6. The molecule has 194 valence electrons. The van der Waals surface area contributed by atoms with Gasteiger partial charge in [-0.3, -0.25) is 9.59 Å². The highest BCUT2D eigenvalue weighted by molar-refractivity contribution is 5.86. The molecule has 2 amide bonds. The first kappa shape index (κ1) is 27.0. The second-order valence-electron chi connectivity index (χ2n) is 8.36. The lowest BCUT2D eigenvalue weighted by Gasteiger charge is -2.28. The molecule has 0 saturated carbocycles. The normalized spacial score (nSPS) is 10.9. The van der Waals surface area contributed by atoms with Gasteiger partial charge in [0.25, 0.3) is 0 Å². The van der Waals surface area contributed by atoms with E-state index in [1.807, 2.05) is 42.6 Å². The Bertz CT molecular complexity index is 1150. The predicted molar refractivity (Wildman–Crippen MR) is 137 cm³/mol. The average Bonchev–Trinajstić information content (AvgIpc) is 3.31. The van der Waals surface area contributed by atoms with Gasteiger partial charge in [-0.1, -0.05) is 24.3 Å². The molecule has 0 saturated heterocycles. The monoisotopic (exact) mass is 497 g/mol. The van der Waals surface area contributed by atoms with E-state index in [-0.39, 0.29) is 25.0 Å². The van der Waals surface area contributed by atoms with Crippen LogP contribution in [-0.2, 0) is 32.0 Å². The number of H-pyrrole nitrogens is 1. The molecule has 0 aliphatic carbocycles. The van der Waals surface area contributed by atoms with Gasteiger partial charge in [-0.05, 0) is 35.7 Å². The first-order valence-electron chi connectivity index (χ1n) is 11.8. The fraction of sp³-hybridized carbons (Fsp3) is 0.407. The molecule has 0 bridgehead atoms. The number of rotatable bonds is 14. The Morgan fingerprint density at radius 2 is 1.64 bits per heavy atom. The number of aromatic nitrogens is 1. The molecule has 0 aliphatic rings. The lowest BCUT2D eigenvalue weighted by Crippen LogP contribution is -2.45. The summed E-state index contributed by atoms with van der Waals surface area (Å²) in [6.45, 7) is 1.31. The first-order chi connectivity index (χ1) is 17.5. The minimum Gasteiger partial charge on any atom is -0.493 e. The number of ether oxygens (including phenoxy) is 4. The highest BCUT2D eigenvalue weighted by atomic mass is 16.5. The van der Waals surface area contributed by atoms with Gasteiger partial charge in [0, 0.05) is 51.0 Å². The van der Waals surface area contributed by atoms with E-state index in [2.05, 4.69) is 11.1 Å². The Hall–Kier alpha value is -3.56. The summed E-state index contributed by atoms with van der Waals surface area (Å²) in [5.74, 6) is 0.792. The topological polar surface area (TPSA) is 93.3 Å². The number of fused-ring (bicyclic) bond motifs is 1. The largest absolute Gasteiger partial charge is 0.493 e. The Balaban J connectivity index is 1.82. The summed E-state index contributed by atoms with van der Waals surface area (Å²) in [7, 11) is 6.18. The zero-order chi connectivity index (χ0) is 25.9. The van der Waals surface area contributed by atoms with Gasteiger partial charge >= 0.3 is 0 Å². The first-order valence-corrected chi connectivity index (χ1v) is 11.8. The van der Waals surface area contributed by atoms with Crippen LogP contribution >= 0.6 is 0 Å². The maximum atomic E-state index is 13.5. The molecule has 1 aromatic heterocycles. The van der Waals surface area contributed by atoms with E-state index >= 15 is 0 Å². The van der Waals surface area contributed by atoms with Crippen molar-refractivity contribution < 1.29 is 28.5 Å². The van der Waals surface area contributed by atoms with Crippen LogP contribution in [0.5, 0.6) is 11.5 Å². The summed E-state index contributed by atoms with van der Waals surface area (Å²) >= 11 is 0. The van der Waals surface area contributed by atoms with E-state index in [9.17, 15) is 9.59 Å². The molecule has 0 spiro atoms. The number of nitrogens with one attached hydrogen (secondary N) is 1. The average molecular weight is 498 g/mol. The molecular weight excluding hydrogens is 462 g/mol. The fourth-order valence-corrected chi connectivity index (χ4v) is 4.06. The zero-order valence-electron chi connectivity index (χ0n) is 21.4. The van der Waals surface area contributed by atoms with Gasteiger partial charge in [0.2, 0.25) is 11.8 Å². The molecule has 9 heteroatoms. The highest BCUT2D eigenvalue weighted by Crippen LogP contribution is 2.28. The second-order valence-corrected chi connectivity index (χ2v) is 8.36. The zero-order valence-corrected chi connectivity index (χ0v) is 21.4. The van der Waals surface area contributed by atoms with Crippen molar-refractivity contribution in [3.8, 4) is 11.5 Å². The van der Waals surface area contributed by atoms with Gasteiger partial charge in [-0.15, -0.1) is 0 Å². The maximum absolute atomic E-state index is 13.5. The lowest BCUT2D eigenvalue weighted by atomic mass is 10.1. The van der Waals surface area contributed by atoms with Crippen LogP contribution in [0.3, 0.4) is 0 Å². The second kappa shape index (κ2) is 13.5. The van der Waals surface area contributed by atoms with Crippen molar-refractivity contribution in [2.24, 2.45) is 0 Å². The van der Waals surface area contributed by atoms with E-state index in [1.165, 1.54) is 12.0 Å². The molecule has 1 heterocycles. The van der Waals surface area contributed by atoms with Crippen LogP contribution in [0.15, 0.2) is 48.7 Å². The van der Waals surface area contributed by atoms with Gasteiger partial charge < -0.3 is 33.7 Å². The molecule has 0 atom stereocenters. The molecule has 0 fully saturated rings. The minimum atomic E-state index is -0.259. The lowest BCUT2D eigenvalue weighted by molar-refractivity contribution is -0.143. The Morgan fingerprint density at radius 3 is 2.36 bits per heavy atom. The number of methoxy groups -OCH3 is 4. The van der Waals surface area contributed by atoms with E-state index < -0.39 is 0 Å². The van der Waals surface area contributed by atoms with Crippen LogP contribution in [0.4, 0.5) is 0 Å². The highest BCUT2D eigenvalue weighted by Gasteiger charge is 2.22. The number of carbonyl (C=O) groups excluding carboxylic acids is 2. The van der Waals surface area contributed by atoms with E-state index in [0.29, 0.717) is 44.2 Å². The third kappa shape index (κ3) is 6.99. The Kier molecular flexibility index (Phi) is 10.1. The van der Waals surface area contributed by atoms with Gasteiger partial charge in [0.1, 0.15) is 6.61 Å². The number of nitrogens with zero attached hydrogens (tertiary/aromatic N) is 2. The molecule has 0 radical (unpaired) electrons. The predicted octanol–water partition coefficient (Wildman–Crippen LogP) is 2.88. The summed E-state index contributed by atoms with van der Waals surface area (Å²) in [6.07, 6.45) is 2.64. The Morgan fingerprint density at radius 1 is 0.861 bits per heavy atom. The number of benzene rings is 2. The molecule has 0 aliphatic heterocycles. The Labute approximate surface area is 211 Å². The summed E-state index contributed by atoms with van der Waals surface area (Å²) in [6, 6.07) is 13.7. The van der Waals surface area contributed by atoms with Gasteiger partial charge in [-0.2, -0.15) is 0 Å². The van der Waals surface area contributed by atoms with Crippen molar-refractivity contribution in [2.75, 3.05) is 61.3 Å². The van der Waals surface area contributed by atoms with Crippen molar-refractivity contribution in [3.63, 3.8) is 0 Å². The van der Waals surface area contributed by atoms with Crippen molar-refractivity contribution in [3.05, 3.63) is 59.8 Å². The van der Waals surface area contributed by atoms with Crippen LogP contribution in [0, 0.1) is 0 Å². The van der Waals surface area contributed by atoms with Crippen molar-refractivity contribution in [1.29, 1.82) is 0 Å². The number of carbonyl (C=O) groups is 2. The number of aromatic amines is 1. The third-order valence-electron chi connectivity index (χ3n) is 6.01. The van der Waals surface area contributed by atoms with Crippen molar-refractivity contribution in [2.45, 2.75) is 13.0 Å². The number of hydrogen-bond acceptors (Lipinski definition) is 6. The van der Waals surface area contributed by atoms with E-state index in [1.54, 1.807) is 26.2 Å². The number of hydrogen-bond donors (Lipinski definition) is 1. The van der Waals surface area contributed by atoms with Gasteiger partial charge in [-0.25, -0.2) is 0 Å². The maximum Gasteiger partial charge on any atom is 0.249 e. The van der Waals surface area contributed by atoms with Gasteiger partial charge in [0.05, 0.1) is 27.4 Å². The molecule has 3 rings (SSSR count). The van der Waals surface area contributed by atoms with Crippen LogP contribution in [0.2, 0.25) is 0 Å². The van der Waals surface area contributed by atoms with Crippen LogP contribution in [-0.4, -0.2) is 87.9 Å². The summed E-state index contributed by atoms with van der Waals surface area (Å²) in [5, 5.41) is 1.13. The van der Waals surface area contributed by atoms with Gasteiger partial charge in [0.15, 0.2) is 11.5 Å². The molecule has 36 heavy (non-hydrogen) atoms. The van der Waals surface area contributed by atoms with Crippen LogP contribution in [0.25, 0.3) is 10.9 Å². The summed E-state index contributed by atoms with van der Waals surface area (Å²) < 4.78 is 20.9. The quantitative estimate of drug-likeness (QED) is 0.368. The number of amides is 2. The molecule has 1 N–H and O–H groups in total. The third-order valence-corrected chi connectivity index (χ3v) is 6.01. The molecule has 9 nitrogen and oxygen atoms in total. The summed E-state index contributed by atoms with van der Waals surface area (Å²) in [5.41, 5.74) is 3.08. The van der Waals surface area contributed by atoms with Crippen molar-refractivity contribution >= 4 is 22.7 Å². The van der Waals surface area contributed by atoms with E-state index in [4.69, 9.17) is 18.9 Å². The SMILES string of the molecule is COCCN(CC(=O)N(CCc1c[nH]c2ccccc12)Cc1ccc(OC)c(OC)c1)C(=O)COC. The minimum absolute atomic E-state index is 0.0628. The smallest absolute Gasteiger partial charge is 0.249 e. The number of para-hydroxylation sites is 1. The van der Waals surface area contributed by atoms with Crippen LogP contribution < -0.4 is 9.47 Å². The molecule has 3 aromatic rings. The standard InChI is InChI=1S/C27H35N3O6/c1-33-14-13-30(27(32)19-34-2)18-26(31)29(17-20-9-10-24(35-3)25(15-20)36-4)12-11-21-16-28-23-8-6-5-7-22(21)23/h5-10,15-16,28H,11-14,17-19H2,1-4H3.